The summed E-state index contributed by atoms with van der Waals surface area (Å²) in [5.41, 5.74) is -0.0721. The van der Waals surface area contributed by atoms with Crippen LogP contribution in [-0.2, 0) is 16.6 Å². The van der Waals surface area contributed by atoms with Gasteiger partial charge in [-0.25, -0.2) is 9.18 Å². The highest BCUT2D eigenvalue weighted by Crippen LogP contribution is 2.24. The van der Waals surface area contributed by atoms with Gasteiger partial charge in [-0.05, 0) is 40.2 Å². The molecule has 0 radical (unpaired) electrons. The maximum atomic E-state index is 13.6. The molecule has 0 fully saturated rings. The van der Waals surface area contributed by atoms with E-state index in [1.807, 2.05) is 11.4 Å². The highest BCUT2D eigenvalue weighted by molar-refractivity contribution is 9.10. The Morgan fingerprint density at radius 2 is 2.16 bits per heavy atom. The number of rotatable bonds is 4. The molecule has 0 bridgehead atoms. The summed E-state index contributed by atoms with van der Waals surface area (Å²) in [5.74, 6) is -1.66. The molecule has 0 aliphatic carbocycles. The largest absolute Gasteiger partial charge is 0.478 e. The number of benzene rings is 1. The molecule has 0 saturated heterocycles. The van der Waals surface area contributed by atoms with Crippen LogP contribution in [0.1, 0.15) is 15.2 Å². The molecule has 2 aromatic rings. The van der Waals surface area contributed by atoms with Crippen LogP contribution < -0.4 is 0 Å². The van der Waals surface area contributed by atoms with Crippen molar-refractivity contribution in [1.82, 2.24) is 0 Å². The summed E-state index contributed by atoms with van der Waals surface area (Å²) in [6.07, 6.45) is 0. The lowest BCUT2D eigenvalue weighted by molar-refractivity contribution is 0.0696. The zero-order valence-corrected chi connectivity index (χ0v) is 12.6. The zero-order chi connectivity index (χ0) is 14.0. The molecule has 1 aromatic carbocycles. The fourth-order valence-corrected chi connectivity index (χ4v) is 4.32. The lowest BCUT2D eigenvalue weighted by Crippen LogP contribution is -2.03. The second-order valence-corrected chi connectivity index (χ2v) is 7.00. The average Bonchev–Trinajstić information content (AvgIpc) is 2.74. The third kappa shape index (κ3) is 3.49. The van der Waals surface area contributed by atoms with Gasteiger partial charge in [0.05, 0.1) is 27.0 Å². The van der Waals surface area contributed by atoms with E-state index in [1.54, 1.807) is 0 Å². The lowest BCUT2D eigenvalue weighted by Gasteiger charge is -2.04. The van der Waals surface area contributed by atoms with Crippen LogP contribution in [0.3, 0.4) is 0 Å². The fraction of sp³-hybridized carbons (Fsp3) is 0.0833. The number of halogens is 2. The number of carboxylic acids is 1. The summed E-state index contributed by atoms with van der Waals surface area (Å²) in [5, 5.41) is 10.7. The standard InChI is InChI=1S/C12H8BrFO3S2/c13-8-4-9(18-5-8)6-19(17)11-3-7(12(15)16)1-2-10(11)14/h1-5H,6H2,(H,15,16). The van der Waals surface area contributed by atoms with Crippen molar-refractivity contribution in [3.05, 3.63) is 50.4 Å². The number of thiophene rings is 1. The minimum Gasteiger partial charge on any atom is -0.478 e. The highest BCUT2D eigenvalue weighted by atomic mass is 79.9. The van der Waals surface area contributed by atoms with E-state index in [1.165, 1.54) is 11.3 Å². The molecule has 0 amide bonds. The number of aromatic carboxylic acids is 1. The molecule has 2 rings (SSSR count). The maximum absolute atomic E-state index is 13.6. The molecule has 1 heterocycles. The van der Waals surface area contributed by atoms with Crippen LogP contribution in [0, 0.1) is 5.82 Å². The van der Waals surface area contributed by atoms with E-state index in [0.29, 0.717) is 0 Å². The maximum Gasteiger partial charge on any atom is 0.335 e. The first-order chi connectivity index (χ1) is 8.97. The van der Waals surface area contributed by atoms with Crippen molar-refractivity contribution >= 4 is 44.0 Å². The van der Waals surface area contributed by atoms with Crippen molar-refractivity contribution in [3.63, 3.8) is 0 Å². The van der Waals surface area contributed by atoms with Gasteiger partial charge < -0.3 is 5.11 Å². The van der Waals surface area contributed by atoms with E-state index in [2.05, 4.69) is 15.9 Å². The SMILES string of the molecule is O=C(O)c1ccc(F)c(S(=O)Cc2cc(Br)cs2)c1. The molecule has 0 aliphatic heterocycles. The minimum atomic E-state index is -1.61. The number of carboxylic acid groups (broad SMARTS) is 1. The topological polar surface area (TPSA) is 54.4 Å². The van der Waals surface area contributed by atoms with Crippen LogP contribution in [0.5, 0.6) is 0 Å². The van der Waals surface area contributed by atoms with Crippen LogP contribution in [-0.4, -0.2) is 15.3 Å². The van der Waals surface area contributed by atoms with Crippen molar-refractivity contribution in [2.45, 2.75) is 10.6 Å². The second-order valence-electron chi connectivity index (χ2n) is 3.67. The van der Waals surface area contributed by atoms with E-state index in [9.17, 15) is 13.4 Å². The number of hydrogen-bond donors (Lipinski definition) is 1. The van der Waals surface area contributed by atoms with Crippen LogP contribution in [0.4, 0.5) is 4.39 Å². The Bertz CT molecular complexity index is 654. The molecular formula is C12H8BrFO3S2. The van der Waals surface area contributed by atoms with Gasteiger partial charge >= 0.3 is 5.97 Å². The number of carbonyl (C=O) groups is 1. The van der Waals surface area contributed by atoms with Gasteiger partial charge in [-0.2, -0.15) is 0 Å². The van der Waals surface area contributed by atoms with Crippen LogP contribution >= 0.6 is 27.3 Å². The molecule has 100 valence electrons. The molecule has 1 unspecified atom stereocenters. The smallest absolute Gasteiger partial charge is 0.335 e. The molecule has 1 N–H and O–H groups in total. The molecule has 1 atom stereocenters. The fourth-order valence-electron chi connectivity index (χ4n) is 1.45. The van der Waals surface area contributed by atoms with Crippen molar-refractivity contribution in [1.29, 1.82) is 0 Å². The molecule has 7 heteroatoms. The lowest BCUT2D eigenvalue weighted by atomic mass is 10.2. The molecule has 1 aromatic heterocycles. The average molecular weight is 363 g/mol. The van der Waals surface area contributed by atoms with Gasteiger partial charge in [0.1, 0.15) is 5.82 Å². The van der Waals surface area contributed by atoms with Crippen molar-refractivity contribution in [2.24, 2.45) is 0 Å². The van der Waals surface area contributed by atoms with E-state index < -0.39 is 22.6 Å². The molecule has 19 heavy (non-hydrogen) atoms. The Morgan fingerprint density at radius 1 is 1.42 bits per heavy atom. The molecule has 0 aliphatic rings. The van der Waals surface area contributed by atoms with Crippen molar-refractivity contribution < 1.29 is 18.5 Å². The third-order valence-electron chi connectivity index (χ3n) is 2.32. The molecular weight excluding hydrogens is 355 g/mol. The molecule has 3 nitrogen and oxygen atoms in total. The Kier molecular flexibility index (Phi) is 4.49. The number of hydrogen-bond acceptors (Lipinski definition) is 3. The van der Waals surface area contributed by atoms with Crippen LogP contribution in [0.15, 0.2) is 39.0 Å². The van der Waals surface area contributed by atoms with E-state index in [0.717, 1.165) is 27.5 Å². The first kappa shape index (κ1) is 14.4. The van der Waals surface area contributed by atoms with Gasteiger partial charge in [-0.15, -0.1) is 11.3 Å². The predicted molar refractivity (Wildman–Crippen MR) is 75.5 cm³/mol. The summed E-state index contributed by atoms with van der Waals surface area (Å²) < 4.78 is 26.6. The van der Waals surface area contributed by atoms with Crippen molar-refractivity contribution in [2.75, 3.05) is 0 Å². The third-order valence-corrected chi connectivity index (χ3v) is 5.58. The Balaban J connectivity index is 2.27. The zero-order valence-electron chi connectivity index (χ0n) is 9.43. The molecule has 0 saturated carbocycles. The van der Waals surface area contributed by atoms with Gasteiger partial charge in [0, 0.05) is 14.7 Å². The summed E-state index contributed by atoms with van der Waals surface area (Å²) in [4.78, 5) is 11.6. The highest BCUT2D eigenvalue weighted by Gasteiger charge is 2.15. The second kappa shape index (κ2) is 5.94. The summed E-state index contributed by atoms with van der Waals surface area (Å²) >= 11 is 4.69. The monoisotopic (exact) mass is 362 g/mol. The minimum absolute atomic E-state index is 0.0721. The summed E-state index contributed by atoms with van der Waals surface area (Å²) in [6.45, 7) is 0. The Hall–Kier alpha value is -1.05. The first-order valence-corrected chi connectivity index (χ1v) is 8.10. The van der Waals surface area contributed by atoms with E-state index in [-0.39, 0.29) is 16.2 Å². The normalized spacial score (nSPS) is 12.3. The van der Waals surface area contributed by atoms with Gasteiger partial charge in [0.2, 0.25) is 0 Å². The van der Waals surface area contributed by atoms with Gasteiger partial charge in [-0.1, -0.05) is 0 Å². The van der Waals surface area contributed by atoms with Crippen LogP contribution in [0.25, 0.3) is 0 Å². The summed E-state index contributed by atoms with van der Waals surface area (Å²) in [6, 6.07) is 5.11. The van der Waals surface area contributed by atoms with E-state index >= 15 is 0 Å². The molecule has 0 spiro atoms. The summed E-state index contributed by atoms with van der Waals surface area (Å²) in [7, 11) is -1.61. The van der Waals surface area contributed by atoms with Gasteiger partial charge in [-0.3, -0.25) is 4.21 Å². The van der Waals surface area contributed by atoms with Crippen molar-refractivity contribution in [3.8, 4) is 0 Å². The quantitative estimate of drug-likeness (QED) is 0.902. The Labute approximate surface area is 123 Å². The van der Waals surface area contributed by atoms with Gasteiger partial charge in [0.15, 0.2) is 0 Å². The van der Waals surface area contributed by atoms with Crippen LogP contribution in [0.2, 0.25) is 0 Å². The Morgan fingerprint density at radius 3 is 2.74 bits per heavy atom. The van der Waals surface area contributed by atoms with Gasteiger partial charge in [0.25, 0.3) is 0 Å². The predicted octanol–water partition coefficient (Wildman–Crippen LogP) is 3.66. The van der Waals surface area contributed by atoms with E-state index in [4.69, 9.17) is 5.11 Å². The first-order valence-electron chi connectivity index (χ1n) is 5.11.